The lowest BCUT2D eigenvalue weighted by Gasteiger charge is -2.14. The zero-order valence-corrected chi connectivity index (χ0v) is 11.2. The summed E-state index contributed by atoms with van der Waals surface area (Å²) in [6.45, 7) is 6.03. The minimum absolute atomic E-state index is 0.211. The van der Waals surface area contributed by atoms with Gasteiger partial charge in [-0.3, -0.25) is 0 Å². The molecule has 1 aromatic carbocycles. The van der Waals surface area contributed by atoms with Crippen LogP contribution in [0.4, 0.5) is 4.39 Å². The van der Waals surface area contributed by atoms with E-state index in [4.69, 9.17) is 4.74 Å². The van der Waals surface area contributed by atoms with Gasteiger partial charge in [-0.1, -0.05) is 15.9 Å². The molecule has 0 heterocycles. The summed E-state index contributed by atoms with van der Waals surface area (Å²) in [6.07, 6.45) is 0. The highest BCUT2D eigenvalue weighted by atomic mass is 79.9. The lowest BCUT2D eigenvalue weighted by molar-refractivity contribution is 0.127. The summed E-state index contributed by atoms with van der Waals surface area (Å²) in [5.41, 5.74) is 0.920. The van der Waals surface area contributed by atoms with Gasteiger partial charge in [0.25, 0.3) is 0 Å². The van der Waals surface area contributed by atoms with Crippen LogP contribution >= 0.6 is 15.9 Å². The van der Waals surface area contributed by atoms with Crippen LogP contribution in [0.5, 0.6) is 0 Å². The zero-order chi connectivity index (χ0) is 12.0. The number of benzene rings is 1. The third-order valence-electron chi connectivity index (χ3n) is 2.22. The highest BCUT2D eigenvalue weighted by Gasteiger charge is 2.04. The van der Waals surface area contributed by atoms with Gasteiger partial charge in [0.2, 0.25) is 0 Å². The predicted molar refractivity (Wildman–Crippen MR) is 66.9 cm³/mol. The highest BCUT2D eigenvalue weighted by Crippen LogP contribution is 2.17. The number of halogens is 2. The quantitative estimate of drug-likeness (QED) is 0.869. The van der Waals surface area contributed by atoms with Crippen molar-refractivity contribution in [1.82, 2.24) is 5.32 Å². The van der Waals surface area contributed by atoms with Crippen molar-refractivity contribution < 1.29 is 9.13 Å². The average Bonchev–Trinajstić information content (AvgIpc) is 2.27. The molecule has 0 radical (unpaired) electrons. The molecule has 1 N–H and O–H groups in total. The first-order valence-corrected chi connectivity index (χ1v) is 6.17. The van der Waals surface area contributed by atoms with Gasteiger partial charge in [-0.2, -0.15) is 0 Å². The van der Waals surface area contributed by atoms with E-state index in [1.807, 2.05) is 13.8 Å². The Balaban J connectivity index is 2.44. The van der Waals surface area contributed by atoms with Crippen molar-refractivity contribution in [3.8, 4) is 0 Å². The summed E-state index contributed by atoms with van der Waals surface area (Å²) < 4.78 is 19.2. The standard InChI is InChI=1S/C12H17BrFNO/c1-3-16-8-9(2)15-7-10-6-11(14)4-5-12(10)13/h4-6,9,15H,3,7-8H2,1-2H3. The minimum Gasteiger partial charge on any atom is -0.380 e. The van der Waals surface area contributed by atoms with Crippen LogP contribution in [-0.2, 0) is 11.3 Å². The SMILES string of the molecule is CCOCC(C)NCc1cc(F)ccc1Br. The number of hydrogen-bond acceptors (Lipinski definition) is 2. The molecule has 0 aliphatic carbocycles. The van der Waals surface area contributed by atoms with Crippen LogP contribution in [0.3, 0.4) is 0 Å². The molecule has 0 saturated heterocycles. The second kappa shape index (κ2) is 6.99. The van der Waals surface area contributed by atoms with Crippen LogP contribution in [0.25, 0.3) is 0 Å². The second-order valence-electron chi connectivity index (χ2n) is 3.68. The molecule has 1 unspecified atom stereocenters. The summed E-state index contributed by atoms with van der Waals surface area (Å²) in [5, 5.41) is 3.28. The Bertz CT molecular complexity index is 333. The summed E-state index contributed by atoms with van der Waals surface area (Å²) in [6, 6.07) is 4.96. The van der Waals surface area contributed by atoms with Crippen molar-refractivity contribution in [2.45, 2.75) is 26.4 Å². The second-order valence-corrected chi connectivity index (χ2v) is 4.53. The van der Waals surface area contributed by atoms with E-state index < -0.39 is 0 Å². The third kappa shape index (κ3) is 4.60. The molecule has 1 rings (SSSR count). The predicted octanol–water partition coefficient (Wildman–Crippen LogP) is 3.10. The van der Waals surface area contributed by atoms with Crippen LogP contribution in [-0.4, -0.2) is 19.3 Å². The number of hydrogen-bond donors (Lipinski definition) is 1. The fourth-order valence-corrected chi connectivity index (χ4v) is 1.70. The van der Waals surface area contributed by atoms with Gasteiger partial charge in [0.15, 0.2) is 0 Å². The molecule has 0 fully saturated rings. The smallest absolute Gasteiger partial charge is 0.123 e. The van der Waals surface area contributed by atoms with Crippen LogP contribution in [0, 0.1) is 5.82 Å². The lowest BCUT2D eigenvalue weighted by Crippen LogP contribution is -2.30. The number of rotatable bonds is 6. The van der Waals surface area contributed by atoms with Crippen molar-refractivity contribution in [3.05, 3.63) is 34.1 Å². The average molecular weight is 290 g/mol. The first-order valence-electron chi connectivity index (χ1n) is 5.38. The molecule has 2 nitrogen and oxygen atoms in total. The summed E-state index contributed by atoms with van der Waals surface area (Å²) in [4.78, 5) is 0. The summed E-state index contributed by atoms with van der Waals surface area (Å²) in [5.74, 6) is -0.211. The van der Waals surface area contributed by atoms with E-state index in [2.05, 4.69) is 21.2 Å². The van der Waals surface area contributed by atoms with Gasteiger partial charge in [0, 0.05) is 23.7 Å². The summed E-state index contributed by atoms with van der Waals surface area (Å²) in [7, 11) is 0. The first kappa shape index (κ1) is 13.6. The Labute approximate surface area is 104 Å². The van der Waals surface area contributed by atoms with E-state index in [0.29, 0.717) is 13.2 Å². The molecule has 16 heavy (non-hydrogen) atoms. The molecule has 0 amide bonds. The molecule has 0 aromatic heterocycles. The van der Waals surface area contributed by atoms with Gasteiger partial charge in [-0.25, -0.2) is 4.39 Å². The molecule has 0 bridgehead atoms. The Hall–Kier alpha value is -0.450. The molecular formula is C12H17BrFNO. The van der Waals surface area contributed by atoms with Crippen molar-refractivity contribution in [3.63, 3.8) is 0 Å². The number of ether oxygens (including phenoxy) is 1. The normalized spacial score (nSPS) is 12.8. The molecule has 0 spiro atoms. The molecule has 1 atom stereocenters. The fraction of sp³-hybridized carbons (Fsp3) is 0.500. The van der Waals surface area contributed by atoms with Crippen LogP contribution in [0.1, 0.15) is 19.4 Å². The Morgan fingerprint density at radius 3 is 2.94 bits per heavy atom. The number of nitrogens with one attached hydrogen (secondary N) is 1. The van der Waals surface area contributed by atoms with Crippen molar-refractivity contribution >= 4 is 15.9 Å². The molecule has 0 saturated carbocycles. The Morgan fingerprint density at radius 1 is 1.50 bits per heavy atom. The molecule has 0 aliphatic heterocycles. The van der Waals surface area contributed by atoms with Gasteiger partial charge in [-0.05, 0) is 37.6 Å². The zero-order valence-electron chi connectivity index (χ0n) is 9.59. The van der Waals surface area contributed by atoms with Gasteiger partial charge < -0.3 is 10.1 Å². The van der Waals surface area contributed by atoms with Gasteiger partial charge >= 0.3 is 0 Å². The van der Waals surface area contributed by atoms with Crippen molar-refractivity contribution in [2.75, 3.05) is 13.2 Å². The van der Waals surface area contributed by atoms with E-state index >= 15 is 0 Å². The van der Waals surface area contributed by atoms with Crippen molar-refractivity contribution in [1.29, 1.82) is 0 Å². The Morgan fingerprint density at radius 2 is 2.25 bits per heavy atom. The maximum Gasteiger partial charge on any atom is 0.123 e. The molecular weight excluding hydrogens is 273 g/mol. The first-order chi connectivity index (χ1) is 7.63. The highest BCUT2D eigenvalue weighted by molar-refractivity contribution is 9.10. The Kier molecular flexibility index (Phi) is 5.95. The summed E-state index contributed by atoms with van der Waals surface area (Å²) >= 11 is 3.40. The van der Waals surface area contributed by atoms with Gasteiger partial charge in [0.1, 0.15) is 5.82 Å². The van der Waals surface area contributed by atoms with E-state index in [-0.39, 0.29) is 11.9 Å². The van der Waals surface area contributed by atoms with Gasteiger partial charge in [-0.15, -0.1) is 0 Å². The maximum atomic E-state index is 13.0. The van der Waals surface area contributed by atoms with Crippen LogP contribution < -0.4 is 5.32 Å². The molecule has 0 aliphatic rings. The molecule has 90 valence electrons. The molecule has 4 heteroatoms. The third-order valence-corrected chi connectivity index (χ3v) is 2.99. The van der Waals surface area contributed by atoms with E-state index in [1.54, 1.807) is 6.07 Å². The minimum atomic E-state index is -0.211. The van der Waals surface area contributed by atoms with E-state index in [9.17, 15) is 4.39 Å². The largest absolute Gasteiger partial charge is 0.380 e. The van der Waals surface area contributed by atoms with Crippen molar-refractivity contribution in [2.24, 2.45) is 0 Å². The fourth-order valence-electron chi connectivity index (χ4n) is 1.32. The van der Waals surface area contributed by atoms with Gasteiger partial charge in [0.05, 0.1) is 6.61 Å². The molecule has 1 aromatic rings. The van der Waals surface area contributed by atoms with E-state index in [1.165, 1.54) is 12.1 Å². The van der Waals surface area contributed by atoms with Crippen LogP contribution in [0.2, 0.25) is 0 Å². The maximum absolute atomic E-state index is 13.0. The van der Waals surface area contributed by atoms with E-state index in [0.717, 1.165) is 16.6 Å². The lowest BCUT2D eigenvalue weighted by atomic mass is 10.2. The monoisotopic (exact) mass is 289 g/mol. The van der Waals surface area contributed by atoms with Crippen LogP contribution in [0.15, 0.2) is 22.7 Å². The topological polar surface area (TPSA) is 21.3 Å².